The molecule has 0 unspecified atom stereocenters. The molecule has 0 saturated carbocycles. The van der Waals surface area contributed by atoms with Crippen molar-refractivity contribution in [3.05, 3.63) is 91.4 Å². The number of pyridine rings is 2. The summed E-state index contributed by atoms with van der Waals surface area (Å²) >= 11 is 1.50. The number of thiophene rings is 1. The molecule has 1 aliphatic carbocycles. The van der Waals surface area contributed by atoms with E-state index in [1.807, 2.05) is 13.0 Å². The van der Waals surface area contributed by atoms with Gasteiger partial charge in [-0.15, -0.1) is 11.3 Å². The van der Waals surface area contributed by atoms with Gasteiger partial charge in [0, 0.05) is 68.3 Å². The number of rotatable bonds is 8. The molecule has 10 nitrogen and oxygen atoms in total. The van der Waals surface area contributed by atoms with Gasteiger partial charge in [0.25, 0.3) is 17.4 Å². The van der Waals surface area contributed by atoms with Crippen LogP contribution < -0.4 is 16.2 Å². The zero-order valence-corrected chi connectivity index (χ0v) is 26.8. The second-order valence-corrected chi connectivity index (χ2v) is 13.0. The number of aliphatic hydroxyl groups is 1. The summed E-state index contributed by atoms with van der Waals surface area (Å²) in [5, 5.41) is 15.1. The number of piperazine rings is 1. The maximum absolute atomic E-state index is 15.0. The van der Waals surface area contributed by atoms with Crippen molar-refractivity contribution in [1.82, 2.24) is 19.4 Å². The summed E-state index contributed by atoms with van der Waals surface area (Å²) < 4.78 is 16.4. The van der Waals surface area contributed by atoms with Gasteiger partial charge in [0.1, 0.15) is 17.3 Å². The van der Waals surface area contributed by atoms with E-state index < -0.39 is 5.82 Å². The van der Waals surface area contributed by atoms with Crippen LogP contribution in [-0.4, -0.2) is 75.6 Å². The van der Waals surface area contributed by atoms with Crippen LogP contribution in [0.3, 0.4) is 0 Å². The molecule has 3 N–H and O–H groups in total. The van der Waals surface area contributed by atoms with E-state index in [9.17, 15) is 18.8 Å². The first-order valence-corrected chi connectivity index (χ1v) is 16.3. The van der Waals surface area contributed by atoms with E-state index in [4.69, 9.17) is 5.11 Å². The van der Waals surface area contributed by atoms with Crippen molar-refractivity contribution in [2.45, 2.75) is 32.6 Å². The number of nitrogens with one attached hydrogen (secondary N) is 2. The minimum atomic E-state index is -0.513. The largest absolute Gasteiger partial charge is 0.395 e. The van der Waals surface area contributed by atoms with Crippen molar-refractivity contribution in [2.24, 2.45) is 7.05 Å². The predicted octanol–water partition coefficient (Wildman–Crippen LogP) is 4.58. The Morgan fingerprint density at radius 1 is 1.04 bits per heavy atom. The standard InChI is InChI=1S/C34H37FN6O4S/c1-21-26(17-25(35)18-27(21)38-32(43)30-16-22-5-3-4-6-29(22)46-30)24-15-28(34(45)39(2)20-24)37-31-8-7-23(19-36-31)33(44)41-11-9-40(10-12-41)13-14-42/h7-8,15-20,42H,3-6,9-14H2,1-2H3,(H,36,37)(H,38,43). The molecule has 0 radical (unpaired) electrons. The van der Waals surface area contributed by atoms with Gasteiger partial charge in [-0.25, -0.2) is 9.37 Å². The molecular formula is C34H37FN6O4S. The number of aryl methyl sites for hydroxylation is 3. The first kappa shape index (κ1) is 31.6. The van der Waals surface area contributed by atoms with Crippen LogP contribution in [0.5, 0.6) is 0 Å². The molecule has 1 fully saturated rings. The third-order valence-corrected chi connectivity index (χ3v) is 9.92. The smallest absolute Gasteiger partial charge is 0.274 e. The van der Waals surface area contributed by atoms with Gasteiger partial charge in [0.05, 0.1) is 17.0 Å². The number of aliphatic hydroxyl groups excluding tert-OH is 1. The monoisotopic (exact) mass is 644 g/mol. The van der Waals surface area contributed by atoms with E-state index in [0.29, 0.717) is 71.4 Å². The number of fused-ring (bicyclic) bond motifs is 1. The van der Waals surface area contributed by atoms with E-state index in [1.165, 1.54) is 44.7 Å². The summed E-state index contributed by atoms with van der Waals surface area (Å²) in [4.78, 5) is 49.4. The number of benzene rings is 1. The topological polar surface area (TPSA) is 120 Å². The molecule has 2 aliphatic rings. The molecule has 0 spiro atoms. The van der Waals surface area contributed by atoms with E-state index in [-0.39, 0.29) is 29.7 Å². The summed E-state index contributed by atoms with van der Waals surface area (Å²) in [5.74, 6) is -0.523. The summed E-state index contributed by atoms with van der Waals surface area (Å²) in [6.45, 7) is 5.05. The molecule has 2 amide bonds. The Morgan fingerprint density at radius 2 is 1.83 bits per heavy atom. The Kier molecular flexibility index (Phi) is 9.29. The molecule has 3 aromatic heterocycles. The molecule has 4 aromatic rings. The normalized spacial score (nSPS) is 15.0. The van der Waals surface area contributed by atoms with Gasteiger partial charge in [0.15, 0.2) is 0 Å². The lowest BCUT2D eigenvalue weighted by atomic mass is 9.99. The van der Waals surface area contributed by atoms with Crippen molar-refractivity contribution < 1.29 is 19.1 Å². The Bertz CT molecular complexity index is 1810. The fourth-order valence-electron chi connectivity index (χ4n) is 6.07. The highest BCUT2D eigenvalue weighted by atomic mass is 32.1. The molecule has 6 rings (SSSR count). The predicted molar refractivity (Wildman–Crippen MR) is 178 cm³/mol. The molecular weight excluding hydrogens is 607 g/mol. The second-order valence-electron chi connectivity index (χ2n) is 11.8. The van der Waals surface area contributed by atoms with Gasteiger partial charge in [-0.05, 0) is 85.7 Å². The zero-order chi connectivity index (χ0) is 32.4. The third kappa shape index (κ3) is 6.74. The first-order valence-electron chi connectivity index (χ1n) is 15.5. The fraction of sp³-hybridized carbons (Fsp3) is 0.353. The highest BCUT2D eigenvalue weighted by Gasteiger charge is 2.23. The number of nitrogens with zero attached hydrogens (tertiary/aromatic N) is 4. The Balaban J connectivity index is 1.20. The SMILES string of the molecule is Cc1c(NC(=O)c2cc3c(s2)CCCC3)cc(F)cc1-c1cc(Nc2ccc(C(=O)N3CCN(CCO)CC3)cn2)c(=O)n(C)c1. The van der Waals surface area contributed by atoms with Gasteiger partial charge in [-0.3, -0.25) is 19.3 Å². The van der Waals surface area contributed by atoms with E-state index in [2.05, 4.69) is 20.5 Å². The lowest BCUT2D eigenvalue weighted by Gasteiger charge is -2.34. The van der Waals surface area contributed by atoms with Crippen LogP contribution in [0.1, 0.15) is 48.9 Å². The van der Waals surface area contributed by atoms with Gasteiger partial charge < -0.3 is 25.2 Å². The van der Waals surface area contributed by atoms with Gasteiger partial charge in [0.2, 0.25) is 0 Å². The molecule has 1 aromatic carbocycles. The molecule has 0 bridgehead atoms. The molecule has 4 heterocycles. The molecule has 240 valence electrons. The summed E-state index contributed by atoms with van der Waals surface area (Å²) in [5.41, 5.74) is 3.73. The number of halogens is 1. The number of aromatic nitrogens is 2. The summed E-state index contributed by atoms with van der Waals surface area (Å²) in [7, 11) is 1.61. The van der Waals surface area contributed by atoms with Gasteiger partial charge in [-0.1, -0.05) is 0 Å². The Labute approximate surface area is 270 Å². The second kappa shape index (κ2) is 13.5. The molecule has 46 heavy (non-hydrogen) atoms. The first-order chi connectivity index (χ1) is 22.2. The van der Waals surface area contributed by atoms with Crippen LogP contribution in [0.4, 0.5) is 21.6 Å². The van der Waals surface area contributed by atoms with Crippen LogP contribution >= 0.6 is 11.3 Å². The van der Waals surface area contributed by atoms with Gasteiger partial charge in [-0.2, -0.15) is 0 Å². The molecule has 1 saturated heterocycles. The van der Waals surface area contributed by atoms with Crippen molar-refractivity contribution in [3.8, 4) is 11.1 Å². The summed E-state index contributed by atoms with van der Waals surface area (Å²) in [6, 6.07) is 9.60. The number of hydrogen-bond acceptors (Lipinski definition) is 8. The fourth-order valence-corrected chi connectivity index (χ4v) is 7.22. The quantitative estimate of drug-likeness (QED) is 0.257. The Hall–Kier alpha value is -4.39. The van der Waals surface area contributed by atoms with Crippen LogP contribution in [0.25, 0.3) is 11.1 Å². The van der Waals surface area contributed by atoms with Crippen molar-refractivity contribution in [2.75, 3.05) is 50.0 Å². The van der Waals surface area contributed by atoms with E-state index in [0.717, 1.165) is 25.7 Å². The van der Waals surface area contributed by atoms with Crippen molar-refractivity contribution >= 4 is 40.3 Å². The average molecular weight is 645 g/mol. The third-order valence-electron chi connectivity index (χ3n) is 8.68. The van der Waals surface area contributed by atoms with Crippen LogP contribution in [-0.2, 0) is 19.9 Å². The Morgan fingerprint density at radius 3 is 2.54 bits per heavy atom. The minimum absolute atomic E-state index is 0.0939. The number of amides is 2. The molecule has 1 aliphatic heterocycles. The summed E-state index contributed by atoms with van der Waals surface area (Å²) in [6.07, 6.45) is 7.33. The van der Waals surface area contributed by atoms with Gasteiger partial charge >= 0.3 is 0 Å². The number of β-amino-alcohol motifs (C(OH)–C–C–N with tert-alkyl or cyclic N) is 1. The number of carbonyl (C=O) groups excluding carboxylic acids is 2. The van der Waals surface area contributed by atoms with E-state index >= 15 is 0 Å². The number of anilines is 3. The maximum atomic E-state index is 15.0. The average Bonchev–Trinajstić information content (AvgIpc) is 3.50. The van der Waals surface area contributed by atoms with E-state index in [1.54, 1.807) is 36.3 Å². The van der Waals surface area contributed by atoms with Crippen LogP contribution in [0, 0.1) is 12.7 Å². The molecule has 12 heteroatoms. The number of carbonyl (C=O) groups is 2. The van der Waals surface area contributed by atoms with Crippen LogP contribution in [0.15, 0.2) is 53.6 Å². The van der Waals surface area contributed by atoms with Crippen molar-refractivity contribution in [3.63, 3.8) is 0 Å². The lowest BCUT2D eigenvalue weighted by Crippen LogP contribution is -2.49. The maximum Gasteiger partial charge on any atom is 0.274 e. The molecule has 0 atom stereocenters. The highest BCUT2D eigenvalue weighted by Crippen LogP contribution is 2.33. The number of hydrogen-bond donors (Lipinski definition) is 3. The highest BCUT2D eigenvalue weighted by molar-refractivity contribution is 7.14. The minimum Gasteiger partial charge on any atom is -0.395 e. The van der Waals surface area contributed by atoms with Crippen LogP contribution in [0.2, 0.25) is 0 Å². The zero-order valence-electron chi connectivity index (χ0n) is 25.9. The lowest BCUT2D eigenvalue weighted by molar-refractivity contribution is 0.0614. The van der Waals surface area contributed by atoms with Crippen molar-refractivity contribution in [1.29, 1.82) is 0 Å².